The van der Waals surface area contributed by atoms with Gasteiger partial charge in [-0.3, -0.25) is 0 Å². The van der Waals surface area contributed by atoms with Crippen LogP contribution >= 0.6 is 0 Å². The molecule has 1 unspecified atom stereocenters. The van der Waals surface area contributed by atoms with Crippen molar-refractivity contribution in [3.05, 3.63) is 59.6 Å². The van der Waals surface area contributed by atoms with Gasteiger partial charge in [-0.05, 0) is 19.4 Å². The standard InChI is InChI=1S/C16H17N3O2/c1-3-21-15(20)13-11(2)18-16-17-9-10-19(16)14(13)12-7-5-4-6-8-12/h4-10,14H,3H2,1-2H3,(H,17,18). The van der Waals surface area contributed by atoms with Gasteiger partial charge >= 0.3 is 5.97 Å². The van der Waals surface area contributed by atoms with Crippen LogP contribution in [0.2, 0.25) is 0 Å². The van der Waals surface area contributed by atoms with Gasteiger partial charge in [0.05, 0.1) is 18.2 Å². The maximum absolute atomic E-state index is 12.4. The molecule has 5 nitrogen and oxygen atoms in total. The average Bonchev–Trinajstić information content (AvgIpc) is 2.94. The van der Waals surface area contributed by atoms with Crippen molar-refractivity contribution in [2.45, 2.75) is 19.9 Å². The van der Waals surface area contributed by atoms with Crippen molar-refractivity contribution in [3.8, 4) is 0 Å². The highest BCUT2D eigenvalue weighted by Crippen LogP contribution is 2.35. The van der Waals surface area contributed by atoms with E-state index in [4.69, 9.17) is 4.74 Å². The number of carbonyl (C=O) groups is 1. The van der Waals surface area contributed by atoms with E-state index in [-0.39, 0.29) is 12.0 Å². The quantitative estimate of drug-likeness (QED) is 0.880. The number of hydrogen-bond acceptors (Lipinski definition) is 4. The zero-order valence-corrected chi connectivity index (χ0v) is 12.0. The number of benzene rings is 1. The van der Waals surface area contributed by atoms with Crippen LogP contribution in [0, 0.1) is 0 Å². The van der Waals surface area contributed by atoms with E-state index in [2.05, 4.69) is 10.3 Å². The molecule has 1 aliphatic rings. The molecule has 0 radical (unpaired) electrons. The minimum Gasteiger partial charge on any atom is -0.463 e. The molecule has 21 heavy (non-hydrogen) atoms. The smallest absolute Gasteiger partial charge is 0.338 e. The summed E-state index contributed by atoms with van der Waals surface area (Å²) in [7, 11) is 0. The molecule has 1 aliphatic heterocycles. The van der Waals surface area contributed by atoms with Gasteiger partial charge in [-0.25, -0.2) is 9.78 Å². The zero-order valence-electron chi connectivity index (χ0n) is 12.0. The van der Waals surface area contributed by atoms with E-state index in [1.165, 1.54) is 0 Å². The van der Waals surface area contributed by atoms with Gasteiger partial charge in [0.25, 0.3) is 0 Å². The van der Waals surface area contributed by atoms with Crippen LogP contribution < -0.4 is 5.32 Å². The Kier molecular flexibility index (Phi) is 3.48. The van der Waals surface area contributed by atoms with Gasteiger partial charge in [-0.15, -0.1) is 0 Å². The number of aromatic nitrogens is 2. The fourth-order valence-corrected chi connectivity index (χ4v) is 2.63. The van der Waals surface area contributed by atoms with Gasteiger partial charge in [-0.2, -0.15) is 0 Å². The number of esters is 1. The van der Waals surface area contributed by atoms with Crippen molar-refractivity contribution in [3.63, 3.8) is 0 Å². The Morgan fingerprint density at radius 1 is 1.38 bits per heavy atom. The number of nitrogens with one attached hydrogen (secondary N) is 1. The third-order valence-electron chi connectivity index (χ3n) is 3.53. The molecular weight excluding hydrogens is 266 g/mol. The van der Waals surface area contributed by atoms with Crippen molar-refractivity contribution in [1.29, 1.82) is 0 Å². The van der Waals surface area contributed by atoms with Gasteiger partial charge in [0.15, 0.2) is 0 Å². The van der Waals surface area contributed by atoms with Gasteiger partial charge in [0.1, 0.15) is 0 Å². The number of allylic oxidation sites excluding steroid dienone is 1. The first-order valence-corrected chi connectivity index (χ1v) is 6.95. The molecule has 0 saturated heterocycles. The highest BCUT2D eigenvalue weighted by molar-refractivity contribution is 5.92. The predicted octanol–water partition coefficient (Wildman–Crippen LogP) is 2.74. The van der Waals surface area contributed by atoms with E-state index < -0.39 is 0 Å². The monoisotopic (exact) mass is 283 g/mol. The molecule has 1 aromatic heterocycles. The molecule has 108 valence electrons. The maximum atomic E-state index is 12.4. The number of anilines is 1. The molecule has 2 aromatic rings. The van der Waals surface area contributed by atoms with Gasteiger partial charge in [0, 0.05) is 18.1 Å². The molecule has 0 aliphatic carbocycles. The van der Waals surface area contributed by atoms with Crippen LogP contribution in [-0.2, 0) is 9.53 Å². The van der Waals surface area contributed by atoms with E-state index in [0.29, 0.717) is 12.2 Å². The molecule has 0 spiro atoms. The van der Waals surface area contributed by atoms with Crippen LogP contribution in [-0.4, -0.2) is 22.1 Å². The summed E-state index contributed by atoms with van der Waals surface area (Å²) in [6.45, 7) is 4.04. The molecule has 0 amide bonds. The fourth-order valence-electron chi connectivity index (χ4n) is 2.63. The molecule has 1 atom stereocenters. The van der Waals surface area contributed by atoms with E-state index in [1.807, 2.05) is 54.9 Å². The highest BCUT2D eigenvalue weighted by Gasteiger charge is 2.32. The number of ether oxygens (including phenoxy) is 1. The first-order chi connectivity index (χ1) is 10.2. The third-order valence-corrected chi connectivity index (χ3v) is 3.53. The molecule has 1 N–H and O–H groups in total. The summed E-state index contributed by atoms with van der Waals surface area (Å²) in [6, 6.07) is 9.68. The summed E-state index contributed by atoms with van der Waals surface area (Å²) in [5.41, 5.74) is 2.43. The largest absolute Gasteiger partial charge is 0.463 e. The van der Waals surface area contributed by atoms with Crippen molar-refractivity contribution in [2.75, 3.05) is 11.9 Å². The minimum atomic E-state index is -0.296. The Morgan fingerprint density at radius 2 is 2.14 bits per heavy atom. The third kappa shape index (κ3) is 2.31. The van der Waals surface area contributed by atoms with Crippen molar-refractivity contribution >= 4 is 11.9 Å². The SMILES string of the molecule is CCOC(=O)C1=C(C)Nc2nccn2C1c1ccccc1. The fraction of sp³-hybridized carbons (Fsp3) is 0.250. The Hall–Kier alpha value is -2.56. The van der Waals surface area contributed by atoms with Gasteiger partial charge in [-0.1, -0.05) is 30.3 Å². The van der Waals surface area contributed by atoms with E-state index in [9.17, 15) is 4.79 Å². The zero-order chi connectivity index (χ0) is 14.8. The molecular formula is C16H17N3O2. The number of nitrogens with zero attached hydrogens (tertiary/aromatic N) is 2. The van der Waals surface area contributed by atoms with Gasteiger partial charge < -0.3 is 14.6 Å². The van der Waals surface area contributed by atoms with E-state index in [1.54, 1.807) is 6.20 Å². The normalized spacial score (nSPS) is 17.1. The lowest BCUT2D eigenvalue weighted by Crippen LogP contribution is -2.28. The number of carbonyl (C=O) groups excluding carboxylic acids is 1. The van der Waals surface area contributed by atoms with Crippen LogP contribution in [0.1, 0.15) is 25.5 Å². The number of hydrogen-bond donors (Lipinski definition) is 1. The van der Waals surface area contributed by atoms with Crippen LogP contribution in [0.5, 0.6) is 0 Å². The van der Waals surface area contributed by atoms with Crippen LogP contribution in [0.15, 0.2) is 54.0 Å². The summed E-state index contributed by atoms with van der Waals surface area (Å²) in [5, 5.41) is 3.16. The predicted molar refractivity (Wildman–Crippen MR) is 79.8 cm³/mol. The molecule has 0 fully saturated rings. The topological polar surface area (TPSA) is 56.1 Å². The summed E-state index contributed by atoms with van der Waals surface area (Å²) in [4.78, 5) is 16.7. The molecule has 0 bridgehead atoms. The minimum absolute atomic E-state index is 0.219. The molecule has 1 aromatic carbocycles. The molecule has 5 heteroatoms. The Labute approximate surface area is 123 Å². The molecule has 2 heterocycles. The molecule has 3 rings (SSSR count). The van der Waals surface area contributed by atoms with Crippen LogP contribution in [0.25, 0.3) is 0 Å². The lowest BCUT2D eigenvalue weighted by atomic mass is 9.95. The first-order valence-electron chi connectivity index (χ1n) is 6.95. The lowest BCUT2D eigenvalue weighted by Gasteiger charge is -2.29. The number of fused-ring (bicyclic) bond motifs is 1. The summed E-state index contributed by atoms with van der Waals surface area (Å²) < 4.78 is 7.18. The summed E-state index contributed by atoms with van der Waals surface area (Å²) in [6.07, 6.45) is 3.59. The van der Waals surface area contributed by atoms with Crippen molar-refractivity contribution in [2.24, 2.45) is 0 Å². The summed E-state index contributed by atoms with van der Waals surface area (Å²) >= 11 is 0. The first kappa shape index (κ1) is 13.4. The lowest BCUT2D eigenvalue weighted by molar-refractivity contribution is -0.139. The van der Waals surface area contributed by atoms with E-state index in [0.717, 1.165) is 17.2 Å². The number of imidazole rings is 1. The second kappa shape index (κ2) is 5.44. The maximum Gasteiger partial charge on any atom is 0.338 e. The van der Waals surface area contributed by atoms with Crippen LogP contribution in [0.3, 0.4) is 0 Å². The Morgan fingerprint density at radius 3 is 2.86 bits per heavy atom. The number of rotatable bonds is 3. The van der Waals surface area contributed by atoms with Crippen LogP contribution in [0.4, 0.5) is 5.95 Å². The van der Waals surface area contributed by atoms with Gasteiger partial charge in [0.2, 0.25) is 5.95 Å². The van der Waals surface area contributed by atoms with Crippen molar-refractivity contribution < 1.29 is 9.53 Å². The highest BCUT2D eigenvalue weighted by atomic mass is 16.5. The molecule has 0 saturated carbocycles. The average molecular weight is 283 g/mol. The van der Waals surface area contributed by atoms with Crippen molar-refractivity contribution in [1.82, 2.24) is 9.55 Å². The Balaban J connectivity index is 2.13. The van der Waals surface area contributed by atoms with E-state index >= 15 is 0 Å². The Bertz CT molecular complexity index is 689. The second-order valence-electron chi connectivity index (χ2n) is 4.86. The summed E-state index contributed by atoms with van der Waals surface area (Å²) in [5.74, 6) is 0.435. The second-order valence-corrected chi connectivity index (χ2v) is 4.86.